The summed E-state index contributed by atoms with van der Waals surface area (Å²) in [4.78, 5) is 42.6. The molecule has 0 saturated heterocycles. The summed E-state index contributed by atoms with van der Waals surface area (Å²) in [6, 6.07) is 16.6. The molecule has 0 aliphatic heterocycles. The summed E-state index contributed by atoms with van der Waals surface area (Å²) < 4.78 is 4.81. The molecule has 0 aliphatic carbocycles. The van der Waals surface area contributed by atoms with Gasteiger partial charge in [-0.05, 0) is 37.6 Å². The average molecular weight is 384 g/mol. The van der Waals surface area contributed by atoms with Gasteiger partial charge in [-0.1, -0.05) is 56.3 Å². The molecule has 0 heterocycles. The highest BCUT2D eigenvalue weighted by Crippen LogP contribution is 2.05. The van der Waals surface area contributed by atoms with Crippen molar-refractivity contribution >= 4 is 17.9 Å². The van der Waals surface area contributed by atoms with Gasteiger partial charge in [0.2, 0.25) is 0 Å². The van der Waals surface area contributed by atoms with Crippen molar-refractivity contribution in [2.24, 2.45) is 0 Å². The van der Waals surface area contributed by atoms with Crippen molar-refractivity contribution in [1.29, 1.82) is 0 Å². The maximum absolute atomic E-state index is 11.5. The van der Waals surface area contributed by atoms with Crippen LogP contribution in [0.15, 0.2) is 72.8 Å². The highest BCUT2D eigenvalue weighted by atomic mass is 17.2. The first kappa shape index (κ1) is 22.6. The van der Waals surface area contributed by atoms with Crippen LogP contribution in [0.1, 0.15) is 47.4 Å². The zero-order chi connectivity index (χ0) is 20.8. The predicted molar refractivity (Wildman–Crippen MR) is 104 cm³/mol. The van der Waals surface area contributed by atoms with Gasteiger partial charge in [0.25, 0.3) is 0 Å². The fraction of sp³-hybridized carbons (Fsp3) is 0.227. The number of carbonyl (C=O) groups is 3. The molecule has 0 saturated carbocycles. The number of hydrogen-bond donors (Lipinski definition) is 0. The summed E-state index contributed by atoms with van der Waals surface area (Å²) >= 11 is 0. The second kappa shape index (κ2) is 12.9. The number of ether oxygens (including phenoxy) is 1. The van der Waals surface area contributed by atoms with E-state index in [0.29, 0.717) is 23.3 Å². The maximum Gasteiger partial charge on any atom is 0.386 e. The van der Waals surface area contributed by atoms with Crippen LogP contribution in [0.5, 0.6) is 0 Å². The Morgan fingerprint density at radius 3 is 1.61 bits per heavy atom. The van der Waals surface area contributed by atoms with Crippen LogP contribution in [0.4, 0.5) is 0 Å². The summed E-state index contributed by atoms with van der Waals surface area (Å²) in [5, 5.41) is 0. The minimum atomic E-state index is -0.708. The van der Waals surface area contributed by atoms with E-state index in [9.17, 15) is 14.4 Å². The van der Waals surface area contributed by atoms with Gasteiger partial charge in [-0.25, -0.2) is 24.2 Å². The molecule has 6 nitrogen and oxygen atoms in total. The van der Waals surface area contributed by atoms with Crippen molar-refractivity contribution in [3.63, 3.8) is 0 Å². The quantitative estimate of drug-likeness (QED) is 0.239. The molecule has 0 radical (unpaired) electrons. The molecule has 0 amide bonds. The second-order valence-corrected chi connectivity index (χ2v) is 5.74. The van der Waals surface area contributed by atoms with Gasteiger partial charge in [-0.15, -0.1) is 0 Å². The van der Waals surface area contributed by atoms with E-state index in [1.54, 1.807) is 67.6 Å². The Morgan fingerprint density at radius 2 is 1.25 bits per heavy atom. The highest BCUT2D eigenvalue weighted by molar-refractivity contribution is 5.92. The number of benzene rings is 2. The topological polar surface area (TPSA) is 78.9 Å². The molecule has 2 aromatic carbocycles. The fourth-order valence-electron chi connectivity index (χ4n) is 1.75. The van der Waals surface area contributed by atoms with Crippen LogP contribution in [0, 0.1) is 0 Å². The molecule has 0 aliphatic rings. The van der Waals surface area contributed by atoms with Crippen molar-refractivity contribution in [2.75, 3.05) is 6.61 Å². The predicted octanol–water partition coefficient (Wildman–Crippen LogP) is 4.52. The van der Waals surface area contributed by atoms with Crippen LogP contribution >= 0.6 is 0 Å². The third-order valence-electron chi connectivity index (χ3n) is 3.29. The molecule has 2 rings (SSSR count). The number of esters is 1. The third kappa shape index (κ3) is 8.80. The molecule has 0 spiro atoms. The minimum Gasteiger partial charge on any atom is -0.462 e. The highest BCUT2D eigenvalue weighted by Gasteiger charge is 2.13. The lowest BCUT2D eigenvalue weighted by atomic mass is 10.2. The van der Waals surface area contributed by atoms with Crippen molar-refractivity contribution in [2.45, 2.75) is 26.7 Å². The van der Waals surface area contributed by atoms with E-state index in [4.69, 9.17) is 4.74 Å². The van der Waals surface area contributed by atoms with Crippen molar-refractivity contribution in [3.05, 3.63) is 83.9 Å². The van der Waals surface area contributed by atoms with Gasteiger partial charge in [0.05, 0.1) is 17.7 Å². The first-order chi connectivity index (χ1) is 13.5. The average Bonchev–Trinajstić information content (AvgIpc) is 2.73. The van der Waals surface area contributed by atoms with Crippen LogP contribution in [0.25, 0.3) is 0 Å². The van der Waals surface area contributed by atoms with Crippen molar-refractivity contribution in [1.82, 2.24) is 0 Å². The zero-order valence-electron chi connectivity index (χ0n) is 16.1. The zero-order valence-corrected chi connectivity index (χ0v) is 16.1. The van der Waals surface area contributed by atoms with E-state index in [2.05, 4.69) is 23.3 Å². The fourth-order valence-corrected chi connectivity index (χ4v) is 1.75. The molecule has 28 heavy (non-hydrogen) atoms. The van der Waals surface area contributed by atoms with Gasteiger partial charge in [0.15, 0.2) is 0 Å². The molecule has 0 aromatic heterocycles. The molecule has 0 bridgehead atoms. The van der Waals surface area contributed by atoms with E-state index >= 15 is 0 Å². The van der Waals surface area contributed by atoms with Gasteiger partial charge >= 0.3 is 17.9 Å². The molecule has 0 atom stereocenters. The Hall–Kier alpha value is -3.41. The van der Waals surface area contributed by atoms with Gasteiger partial charge in [0, 0.05) is 5.57 Å². The van der Waals surface area contributed by atoms with Crippen LogP contribution < -0.4 is 0 Å². The van der Waals surface area contributed by atoms with Gasteiger partial charge in [-0.3, -0.25) is 0 Å². The Morgan fingerprint density at radius 1 is 0.821 bits per heavy atom. The first-order valence-electron chi connectivity index (χ1n) is 8.81. The summed E-state index contributed by atoms with van der Waals surface area (Å²) in [6.45, 7) is 7.67. The molecule has 2 aromatic rings. The lowest BCUT2D eigenvalue weighted by Gasteiger charge is -2.02. The Bertz CT molecular complexity index is 717. The largest absolute Gasteiger partial charge is 0.462 e. The number of hydrogen-bond acceptors (Lipinski definition) is 6. The number of rotatable bonds is 6. The molecule has 6 heteroatoms. The molecule has 0 fully saturated rings. The Kier molecular flexibility index (Phi) is 10.4. The standard InChI is InChI=1S/C14H10O4.C8H14O2/c15-13(11-7-3-1-4-8-11)17-18-14(16)12-9-5-2-6-10-12;1-4-5-6-10-8(9)7(2)3/h1-10H;2,4-6H2,1,3H3. The SMILES string of the molecule is C=C(C)C(=O)OCCCC.O=C(OOC(=O)c1ccccc1)c1ccccc1. The number of unbranched alkanes of at least 4 members (excludes halogenated alkanes) is 1. The van der Waals surface area contributed by atoms with Crippen molar-refractivity contribution < 1.29 is 28.9 Å². The second-order valence-electron chi connectivity index (χ2n) is 5.74. The van der Waals surface area contributed by atoms with Crippen LogP contribution in [0.2, 0.25) is 0 Å². The molecule has 148 valence electrons. The minimum absolute atomic E-state index is 0.284. The van der Waals surface area contributed by atoms with Crippen molar-refractivity contribution in [3.8, 4) is 0 Å². The third-order valence-corrected chi connectivity index (χ3v) is 3.29. The van der Waals surface area contributed by atoms with Gasteiger partial charge in [0.1, 0.15) is 0 Å². The van der Waals surface area contributed by atoms with E-state index in [0.717, 1.165) is 12.8 Å². The summed E-state index contributed by atoms with van der Waals surface area (Å²) in [6.07, 6.45) is 1.97. The monoisotopic (exact) mass is 384 g/mol. The first-order valence-corrected chi connectivity index (χ1v) is 8.81. The maximum atomic E-state index is 11.5. The molecule has 0 unspecified atom stereocenters. The van der Waals surface area contributed by atoms with E-state index in [1.807, 2.05) is 0 Å². The van der Waals surface area contributed by atoms with Crippen LogP contribution in [-0.4, -0.2) is 24.5 Å². The molecular formula is C22H24O6. The number of carbonyl (C=O) groups excluding carboxylic acids is 3. The molecular weight excluding hydrogens is 360 g/mol. The Balaban J connectivity index is 0.000000336. The molecule has 0 N–H and O–H groups in total. The summed E-state index contributed by atoms with van der Waals surface area (Å²) in [7, 11) is 0. The van der Waals surface area contributed by atoms with Gasteiger partial charge in [-0.2, -0.15) is 0 Å². The van der Waals surface area contributed by atoms with E-state index in [-0.39, 0.29) is 5.97 Å². The smallest absolute Gasteiger partial charge is 0.386 e. The normalized spacial score (nSPS) is 9.36. The van der Waals surface area contributed by atoms with Crippen LogP contribution in [0.3, 0.4) is 0 Å². The van der Waals surface area contributed by atoms with Gasteiger partial charge < -0.3 is 4.74 Å². The van der Waals surface area contributed by atoms with E-state index < -0.39 is 11.9 Å². The lowest BCUT2D eigenvalue weighted by Crippen LogP contribution is -2.11. The lowest BCUT2D eigenvalue weighted by molar-refractivity contribution is -0.187. The summed E-state index contributed by atoms with van der Waals surface area (Å²) in [5.41, 5.74) is 1.10. The Labute approximate surface area is 164 Å². The van der Waals surface area contributed by atoms with E-state index in [1.165, 1.54) is 0 Å². The summed E-state index contributed by atoms with van der Waals surface area (Å²) in [5.74, 6) is -1.70. The van der Waals surface area contributed by atoms with Crippen LogP contribution in [-0.2, 0) is 19.3 Å².